The summed E-state index contributed by atoms with van der Waals surface area (Å²) in [4.78, 5) is 10.9. The van der Waals surface area contributed by atoms with Crippen LogP contribution in [0, 0.1) is 0 Å². The zero-order valence-electron chi connectivity index (χ0n) is 28.3. The van der Waals surface area contributed by atoms with Crippen LogP contribution >= 0.6 is 0 Å². The van der Waals surface area contributed by atoms with Crippen LogP contribution in [-0.2, 0) is 0 Å². The molecule has 0 amide bonds. The van der Waals surface area contributed by atoms with Gasteiger partial charge in [-0.25, -0.2) is 4.98 Å². The summed E-state index contributed by atoms with van der Waals surface area (Å²) < 4.78 is 17.9. The van der Waals surface area contributed by atoms with Crippen molar-refractivity contribution in [3.05, 3.63) is 164 Å². The highest BCUT2D eigenvalue weighted by atomic mass is 16.5. The quantitative estimate of drug-likeness (QED) is 0.175. The first-order chi connectivity index (χ1) is 26.3. The van der Waals surface area contributed by atoms with Crippen molar-refractivity contribution in [1.29, 1.82) is 0 Å². The predicted molar refractivity (Wildman–Crippen MR) is 214 cm³/mol. The number of fused-ring (bicyclic) bond motifs is 10. The van der Waals surface area contributed by atoms with E-state index in [0.717, 1.165) is 89.2 Å². The van der Waals surface area contributed by atoms with Crippen LogP contribution in [0.25, 0.3) is 77.8 Å². The molecule has 246 valence electrons. The monoisotopic (exact) mass is 678 g/mol. The van der Waals surface area contributed by atoms with E-state index in [1.165, 1.54) is 10.8 Å². The molecule has 6 nitrogen and oxygen atoms in total. The van der Waals surface area contributed by atoms with Crippen LogP contribution in [0.2, 0.25) is 0 Å². The van der Waals surface area contributed by atoms with Gasteiger partial charge in [0.1, 0.15) is 23.1 Å². The van der Waals surface area contributed by atoms with E-state index in [2.05, 4.69) is 143 Å². The average molecular weight is 679 g/mol. The Labute approximate surface area is 304 Å². The molecule has 7 heteroatoms. The molecule has 2 aliphatic rings. The van der Waals surface area contributed by atoms with Crippen molar-refractivity contribution in [1.82, 2.24) is 19.1 Å². The topological polar surface area (TPSA) is 54.1 Å². The fourth-order valence-corrected chi connectivity index (χ4v) is 8.55. The van der Waals surface area contributed by atoms with Crippen molar-refractivity contribution in [2.45, 2.75) is 0 Å². The maximum Gasteiger partial charge on any atom is 0.434 e. The minimum atomic E-state index is -0.277. The van der Waals surface area contributed by atoms with E-state index in [-0.39, 0.29) is 6.92 Å². The summed E-state index contributed by atoms with van der Waals surface area (Å²) in [5.74, 6) is 3.79. The van der Waals surface area contributed by atoms with Crippen LogP contribution in [0.4, 0.5) is 0 Å². The van der Waals surface area contributed by atoms with Gasteiger partial charge in [0.05, 0.1) is 27.8 Å². The summed E-state index contributed by atoms with van der Waals surface area (Å²) >= 11 is 0. The lowest BCUT2D eigenvalue weighted by molar-refractivity contribution is 0.479. The second-order valence-electron chi connectivity index (χ2n) is 13.7. The van der Waals surface area contributed by atoms with E-state index in [0.29, 0.717) is 5.95 Å². The Bertz CT molecular complexity index is 2920. The fraction of sp³-hybridized carbons (Fsp3) is 0. The first-order valence-corrected chi connectivity index (χ1v) is 17.9. The molecular formula is C46H27BN4O2. The van der Waals surface area contributed by atoms with Crippen LogP contribution in [0.5, 0.6) is 17.2 Å². The highest BCUT2D eigenvalue weighted by Gasteiger charge is 2.41. The molecule has 53 heavy (non-hydrogen) atoms. The van der Waals surface area contributed by atoms with Crippen LogP contribution < -0.4 is 20.3 Å². The van der Waals surface area contributed by atoms with E-state index < -0.39 is 0 Å². The molecule has 0 radical (unpaired) electrons. The van der Waals surface area contributed by atoms with Crippen LogP contribution in [0.3, 0.4) is 0 Å². The number of aromatic nitrogens is 4. The number of ether oxygens (including phenoxy) is 1. The molecular weight excluding hydrogens is 651 g/mol. The largest absolute Gasteiger partial charge is 0.551 e. The number of para-hydroxylation sites is 6. The maximum absolute atomic E-state index is 6.70. The van der Waals surface area contributed by atoms with E-state index in [1.54, 1.807) is 0 Å². The van der Waals surface area contributed by atoms with E-state index in [9.17, 15) is 0 Å². The summed E-state index contributed by atoms with van der Waals surface area (Å²) in [6, 6.07) is 57.0. The second-order valence-corrected chi connectivity index (χ2v) is 13.7. The molecule has 0 saturated carbocycles. The molecule has 0 spiro atoms. The third-order valence-electron chi connectivity index (χ3n) is 10.8. The van der Waals surface area contributed by atoms with Gasteiger partial charge in [-0.15, -0.1) is 0 Å². The molecule has 0 unspecified atom stereocenters. The van der Waals surface area contributed by atoms with Crippen molar-refractivity contribution in [2.75, 3.05) is 0 Å². The Kier molecular flexibility index (Phi) is 5.77. The normalized spacial score (nSPS) is 12.8. The lowest BCUT2D eigenvalue weighted by atomic mass is 9.50. The first-order valence-electron chi connectivity index (χ1n) is 17.9. The predicted octanol–water partition coefficient (Wildman–Crippen LogP) is 9.61. The Balaban J connectivity index is 1.18. The number of nitrogens with zero attached hydrogens (tertiary/aromatic N) is 4. The highest BCUT2D eigenvalue weighted by molar-refractivity contribution is 6.84. The SMILES string of the molecule is c1ccc2c(c1)Oc1cc(-c3cc(-n4c5ccccc5c5ccccc54)nc(-n4c5ccccc5c5ccccc54)n3)cc3c1B2Oc1ccccc1-3. The van der Waals surface area contributed by atoms with Gasteiger partial charge < -0.3 is 9.39 Å². The van der Waals surface area contributed by atoms with E-state index >= 15 is 0 Å². The van der Waals surface area contributed by atoms with Gasteiger partial charge >= 0.3 is 6.92 Å². The average Bonchev–Trinajstić information content (AvgIpc) is 3.74. The molecule has 0 fully saturated rings. The number of rotatable bonds is 3. The van der Waals surface area contributed by atoms with Gasteiger partial charge in [-0.2, -0.15) is 4.98 Å². The molecule has 0 N–H and O–H groups in total. The number of benzene rings is 7. The summed E-state index contributed by atoms with van der Waals surface area (Å²) in [6.45, 7) is -0.277. The zero-order chi connectivity index (χ0) is 34.6. The Hall–Kier alpha value is -7.12. The molecule has 0 aliphatic carbocycles. The third-order valence-corrected chi connectivity index (χ3v) is 10.8. The van der Waals surface area contributed by atoms with Crippen LogP contribution in [-0.4, -0.2) is 26.0 Å². The standard InChI is InChI=1S/C46H27BN4O2/c1-7-19-37-29(13-1)30-14-2-8-20-38(30)50(37)44-27-36(48-46(49-44)51-39-21-9-3-15-31(39)32-16-4-10-22-40(32)51)28-25-34-33-17-5-11-23-41(33)53-47-35-18-6-12-24-42(35)52-43(26-28)45(34)47/h1-27H. The number of hydrogen-bond acceptors (Lipinski definition) is 4. The van der Waals surface area contributed by atoms with Gasteiger partial charge in [0.15, 0.2) is 0 Å². The molecule has 5 heterocycles. The summed E-state index contributed by atoms with van der Waals surface area (Å²) in [5.41, 5.74) is 10.1. The smallest absolute Gasteiger partial charge is 0.434 e. The summed E-state index contributed by atoms with van der Waals surface area (Å²) in [6.07, 6.45) is 0. The molecule has 0 bridgehead atoms. The molecule has 3 aromatic heterocycles. The Morgan fingerprint density at radius 2 is 1.00 bits per heavy atom. The van der Waals surface area contributed by atoms with E-state index in [4.69, 9.17) is 19.4 Å². The minimum absolute atomic E-state index is 0.277. The second kappa shape index (κ2) is 10.7. The molecule has 2 aliphatic heterocycles. The van der Waals surface area contributed by atoms with E-state index in [1.807, 2.05) is 30.3 Å². The van der Waals surface area contributed by atoms with Crippen molar-refractivity contribution in [3.8, 4) is 51.4 Å². The molecule has 0 saturated heterocycles. The first kappa shape index (κ1) is 28.6. The highest BCUT2D eigenvalue weighted by Crippen LogP contribution is 2.42. The lowest BCUT2D eigenvalue weighted by Gasteiger charge is -2.33. The molecule has 0 atom stereocenters. The van der Waals surface area contributed by atoms with Crippen molar-refractivity contribution < 1.29 is 9.39 Å². The van der Waals surface area contributed by atoms with Gasteiger partial charge in [-0.05, 0) is 54.1 Å². The summed E-state index contributed by atoms with van der Waals surface area (Å²) in [5, 5.41) is 4.66. The van der Waals surface area contributed by atoms with Gasteiger partial charge in [0.2, 0.25) is 5.95 Å². The van der Waals surface area contributed by atoms with Crippen molar-refractivity contribution in [2.24, 2.45) is 0 Å². The van der Waals surface area contributed by atoms with Crippen molar-refractivity contribution in [3.63, 3.8) is 0 Å². The molecule has 10 aromatic rings. The number of hydrogen-bond donors (Lipinski definition) is 0. The van der Waals surface area contributed by atoms with Crippen LogP contribution in [0.1, 0.15) is 0 Å². The fourth-order valence-electron chi connectivity index (χ4n) is 8.55. The lowest BCUT2D eigenvalue weighted by Crippen LogP contribution is -2.53. The van der Waals surface area contributed by atoms with Gasteiger partial charge in [-0.1, -0.05) is 109 Å². The zero-order valence-corrected chi connectivity index (χ0v) is 28.3. The van der Waals surface area contributed by atoms with Gasteiger partial charge in [0.25, 0.3) is 0 Å². The maximum atomic E-state index is 6.70. The van der Waals surface area contributed by atoms with Crippen LogP contribution in [0.15, 0.2) is 164 Å². The van der Waals surface area contributed by atoms with Crippen molar-refractivity contribution >= 4 is 61.5 Å². The van der Waals surface area contributed by atoms with Gasteiger partial charge in [-0.3, -0.25) is 9.13 Å². The third kappa shape index (κ3) is 4.04. The van der Waals surface area contributed by atoms with Gasteiger partial charge in [0, 0.05) is 49.7 Å². The Morgan fingerprint density at radius 3 is 1.66 bits per heavy atom. The molecule has 7 aromatic carbocycles. The Morgan fingerprint density at radius 1 is 0.453 bits per heavy atom. The molecule has 12 rings (SSSR count). The summed E-state index contributed by atoms with van der Waals surface area (Å²) in [7, 11) is 0. The minimum Gasteiger partial charge on any atom is -0.551 e.